The fourth-order valence-corrected chi connectivity index (χ4v) is 4.01. The number of benzene rings is 2. The summed E-state index contributed by atoms with van der Waals surface area (Å²) in [5, 5.41) is 11.2. The van der Waals surface area contributed by atoms with Crippen molar-refractivity contribution in [3.05, 3.63) is 63.1 Å². The van der Waals surface area contributed by atoms with Gasteiger partial charge in [0.25, 0.3) is 5.69 Å². The molecule has 11 heteroatoms. The molecule has 0 aliphatic heterocycles. The first-order valence-corrected chi connectivity index (χ1v) is 11.0. The van der Waals surface area contributed by atoms with Crippen LogP contribution in [0, 0.1) is 10.1 Å². The van der Waals surface area contributed by atoms with Crippen LogP contribution in [0.5, 0.6) is 0 Å². The van der Waals surface area contributed by atoms with Gasteiger partial charge < -0.3 is 15.5 Å². The molecule has 0 bridgehead atoms. The van der Waals surface area contributed by atoms with Crippen LogP contribution in [0.3, 0.4) is 0 Å². The summed E-state index contributed by atoms with van der Waals surface area (Å²) in [6.45, 7) is 7.03. The van der Waals surface area contributed by atoms with Crippen LogP contribution in [0.15, 0.2) is 47.3 Å². The Morgan fingerprint density at radius 3 is 2.12 bits per heavy atom. The Morgan fingerprint density at radius 1 is 0.971 bits per heavy atom. The Balaban J connectivity index is 1.99. The average molecular weight is 469 g/mol. The number of aromatic nitrogens is 2. The number of amides is 2. The van der Waals surface area contributed by atoms with Gasteiger partial charge in [-0.2, -0.15) is 0 Å². The third-order valence-electron chi connectivity index (χ3n) is 5.73. The summed E-state index contributed by atoms with van der Waals surface area (Å²) in [6, 6.07) is 11.2. The van der Waals surface area contributed by atoms with Gasteiger partial charge >= 0.3 is 5.69 Å². The summed E-state index contributed by atoms with van der Waals surface area (Å²) in [7, 11) is 0. The van der Waals surface area contributed by atoms with Gasteiger partial charge in [0.05, 0.1) is 16.0 Å². The van der Waals surface area contributed by atoms with Crippen LogP contribution in [0.2, 0.25) is 0 Å². The van der Waals surface area contributed by atoms with Crippen molar-refractivity contribution in [2.24, 2.45) is 5.73 Å². The maximum atomic E-state index is 13.3. The van der Waals surface area contributed by atoms with Gasteiger partial charge in [-0.15, -0.1) is 0 Å². The van der Waals surface area contributed by atoms with Gasteiger partial charge in [0.15, 0.2) is 0 Å². The number of nitro benzene ring substituents is 1. The maximum absolute atomic E-state index is 13.3. The van der Waals surface area contributed by atoms with Gasteiger partial charge in [0.1, 0.15) is 13.1 Å². The Kier molecular flexibility index (Phi) is 7.34. The number of nitro groups is 1. The summed E-state index contributed by atoms with van der Waals surface area (Å²) in [5.74, 6) is -1.20. The van der Waals surface area contributed by atoms with Crippen molar-refractivity contribution in [1.82, 2.24) is 9.13 Å². The van der Waals surface area contributed by atoms with Gasteiger partial charge in [0.2, 0.25) is 11.8 Å². The highest BCUT2D eigenvalue weighted by molar-refractivity contribution is 5.99. The summed E-state index contributed by atoms with van der Waals surface area (Å²) in [5.41, 5.74) is 6.98. The Hall–Kier alpha value is -4.15. The second-order valence-corrected chi connectivity index (χ2v) is 7.68. The molecular formula is C23H28N6O5. The SMILES string of the molecule is CCN(CC)c1ccc(N(CC(N)=O)C(=O)Cn2c(=O)n(CC)c3cc([N+](=O)[O-])ccc32)cc1. The fourth-order valence-electron chi connectivity index (χ4n) is 4.01. The molecular weight excluding hydrogens is 440 g/mol. The molecule has 0 fully saturated rings. The van der Waals surface area contributed by atoms with E-state index >= 15 is 0 Å². The monoisotopic (exact) mass is 468 g/mol. The molecule has 0 radical (unpaired) electrons. The Labute approximate surface area is 196 Å². The molecule has 180 valence electrons. The molecule has 2 N–H and O–H groups in total. The molecule has 0 aliphatic carbocycles. The van der Waals surface area contributed by atoms with Crippen LogP contribution in [-0.2, 0) is 22.7 Å². The second kappa shape index (κ2) is 10.2. The zero-order valence-electron chi connectivity index (χ0n) is 19.4. The number of non-ortho nitro benzene ring substituents is 1. The van der Waals surface area contributed by atoms with E-state index in [0.29, 0.717) is 16.7 Å². The van der Waals surface area contributed by atoms with E-state index in [1.165, 1.54) is 32.2 Å². The summed E-state index contributed by atoms with van der Waals surface area (Å²) in [4.78, 5) is 52.0. The molecule has 3 aromatic rings. The number of fused-ring (bicyclic) bond motifs is 1. The molecule has 0 unspecified atom stereocenters. The molecule has 0 atom stereocenters. The highest BCUT2D eigenvalue weighted by Crippen LogP contribution is 2.23. The molecule has 34 heavy (non-hydrogen) atoms. The number of hydrogen-bond acceptors (Lipinski definition) is 6. The molecule has 0 spiro atoms. The number of aryl methyl sites for hydroxylation is 1. The van der Waals surface area contributed by atoms with E-state index < -0.39 is 22.4 Å². The van der Waals surface area contributed by atoms with E-state index in [9.17, 15) is 24.5 Å². The number of primary amides is 1. The number of carbonyl (C=O) groups is 2. The van der Waals surface area contributed by atoms with E-state index in [1.54, 1.807) is 19.1 Å². The highest BCUT2D eigenvalue weighted by Gasteiger charge is 2.23. The average Bonchev–Trinajstić information content (AvgIpc) is 3.08. The first-order valence-electron chi connectivity index (χ1n) is 11.0. The van der Waals surface area contributed by atoms with E-state index in [-0.39, 0.29) is 25.3 Å². The van der Waals surface area contributed by atoms with E-state index in [2.05, 4.69) is 4.90 Å². The van der Waals surface area contributed by atoms with E-state index in [0.717, 1.165) is 18.8 Å². The Bertz CT molecular complexity index is 1270. The number of hydrogen-bond donors (Lipinski definition) is 1. The minimum absolute atomic E-state index is 0.151. The zero-order chi connectivity index (χ0) is 25.0. The molecule has 0 aliphatic rings. The first-order chi connectivity index (χ1) is 16.2. The largest absolute Gasteiger partial charge is 0.372 e. The fraction of sp³-hybridized carbons (Fsp3) is 0.348. The number of carbonyl (C=O) groups excluding carboxylic acids is 2. The topological polar surface area (TPSA) is 137 Å². The number of anilines is 2. The van der Waals surface area contributed by atoms with Crippen molar-refractivity contribution in [3.63, 3.8) is 0 Å². The molecule has 2 aromatic carbocycles. The van der Waals surface area contributed by atoms with Crippen LogP contribution >= 0.6 is 0 Å². The lowest BCUT2D eigenvalue weighted by atomic mass is 10.2. The van der Waals surface area contributed by atoms with Crippen LogP contribution in [0.25, 0.3) is 11.0 Å². The van der Waals surface area contributed by atoms with Crippen molar-refractivity contribution >= 4 is 39.9 Å². The second-order valence-electron chi connectivity index (χ2n) is 7.68. The lowest BCUT2D eigenvalue weighted by Crippen LogP contribution is -2.41. The molecule has 1 aromatic heterocycles. The molecule has 0 saturated carbocycles. The zero-order valence-corrected chi connectivity index (χ0v) is 19.4. The van der Waals surface area contributed by atoms with Gasteiger partial charge in [-0.3, -0.25) is 28.8 Å². The normalized spacial score (nSPS) is 10.9. The minimum Gasteiger partial charge on any atom is -0.372 e. The molecule has 11 nitrogen and oxygen atoms in total. The number of imidazole rings is 1. The van der Waals surface area contributed by atoms with Gasteiger partial charge in [0, 0.05) is 43.1 Å². The van der Waals surface area contributed by atoms with Gasteiger partial charge in [-0.05, 0) is 51.1 Å². The third kappa shape index (κ3) is 4.77. The van der Waals surface area contributed by atoms with E-state index in [1.807, 2.05) is 26.0 Å². The maximum Gasteiger partial charge on any atom is 0.329 e. The highest BCUT2D eigenvalue weighted by atomic mass is 16.6. The number of nitrogens with two attached hydrogens (primary N) is 1. The summed E-state index contributed by atoms with van der Waals surface area (Å²) < 4.78 is 2.62. The van der Waals surface area contributed by atoms with Crippen molar-refractivity contribution in [1.29, 1.82) is 0 Å². The van der Waals surface area contributed by atoms with Crippen LogP contribution in [-0.4, -0.2) is 45.5 Å². The van der Waals surface area contributed by atoms with Crippen LogP contribution in [0.1, 0.15) is 20.8 Å². The van der Waals surface area contributed by atoms with E-state index in [4.69, 9.17) is 5.73 Å². The smallest absolute Gasteiger partial charge is 0.329 e. The van der Waals surface area contributed by atoms with Crippen molar-refractivity contribution in [2.75, 3.05) is 29.4 Å². The predicted octanol–water partition coefficient (Wildman–Crippen LogP) is 2.10. The van der Waals surface area contributed by atoms with Gasteiger partial charge in [-0.25, -0.2) is 4.79 Å². The first kappa shape index (κ1) is 24.5. The standard InChI is InChI=1S/C23H28N6O5/c1-4-25(5-2)16-7-9-17(10-8-16)27(14-21(24)30)22(31)15-28-19-12-11-18(29(33)34)13-20(19)26(6-3)23(28)32/h7-13H,4-6,14-15H2,1-3H3,(H2,24,30). The summed E-state index contributed by atoms with van der Waals surface area (Å²) >= 11 is 0. The molecule has 0 saturated heterocycles. The molecule has 3 rings (SSSR count). The number of nitrogens with zero attached hydrogens (tertiary/aromatic N) is 5. The predicted molar refractivity (Wildman–Crippen MR) is 130 cm³/mol. The lowest BCUT2D eigenvalue weighted by Gasteiger charge is -2.24. The molecule has 1 heterocycles. The molecule has 2 amide bonds. The van der Waals surface area contributed by atoms with Crippen molar-refractivity contribution in [2.45, 2.75) is 33.9 Å². The van der Waals surface area contributed by atoms with Crippen molar-refractivity contribution in [3.8, 4) is 0 Å². The lowest BCUT2D eigenvalue weighted by molar-refractivity contribution is -0.384. The minimum atomic E-state index is -0.694. The number of rotatable bonds is 10. The van der Waals surface area contributed by atoms with Crippen molar-refractivity contribution < 1.29 is 14.5 Å². The Morgan fingerprint density at radius 2 is 1.59 bits per heavy atom. The quantitative estimate of drug-likeness (QED) is 0.357. The van der Waals surface area contributed by atoms with Gasteiger partial charge in [-0.1, -0.05) is 0 Å². The van der Waals surface area contributed by atoms with Crippen LogP contribution < -0.4 is 21.2 Å². The summed E-state index contributed by atoms with van der Waals surface area (Å²) in [6.07, 6.45) is 0. The third-order valence-corrected chi connectivity index (χ3v) is 5.73. The van der Waals surface area contributed by atoms with Crippen LogP contribution in [0.4, 0.5) is 17.1 Å².